The van der Waals surface area contributed by atoms with Gasteiger partial charge in [-0.1, -0.05) is 12.1 Å². The van der Waals surface area contributed by atoms with E-state index in [0.29, 0.717) is 54.6 Å². The van der Waals surface area contributed by atoms with Crippen molar-refractivity contribution in [3.05, 3.63) is 77.1 Å². The van der Waals surface area contributed by atoms with E-state index >= 15 is 0 Å². The molecule has 3 aliphatic rings. The lowest BCUT2D eigenvalue weighted by molar-refractivity contribution is -0.125. The minimum absolute atomic E-state index is 0.108. The number of aromatic nitrogens is 1. The maximum Gasteiger partial charge on any atom is 0.272 e. The van der Waals surface area contributed by atoms with Crippen LogP contribution in [-0.4, -0.2) is 73.7 Å². The van der Waals surface area contributed by atoms with Gasteiger partial charge in [0.05, 0.1) is 20.3 Å². The van der Waals surface area contributed by atoms with Gasteiger partial charge in [0.25, 0.3) is 11.8 Å². The van der Waals surface area contributed by atoms with Gasteiger partial charge >= 0.3 is 0 Å². The van der Waals surface area contributed by atoms with E-state index in [1.54, 1.807) is 42.5 Å². The molecule has 11 nitrogen and oxygen atoms in total. The van der Waals surface area contributed by atoms with Gasteiger partial charge in [0, 0.05) is 50.3 Å². The Morgan fingerprint density at radius 2 is 1.86 bits per heavy atom. The first-order valence-electron chi connectivity index (χ1n) is 14.2. The predicted octanol–water partition coefficient (Wildman–Crippen LogP) is 2.83. The number of nitrogens with zero attached hydrogens (tertiary/aromatic N) is 2. The van der Waals surface area contributed by atoms with E-state index in [1.165, 1.54) is 7.11 Å². The van der Waals surface area contributed by atoms with Crippen LogP contribution in [0.1, 0.15) is 40.0 Å². The minimum Gasteiger partial charge on any atom is -0.496 e. The first-order valence-corrected chi connectivity index (χ1v) is 14.2. The van der Waals surface area contributed by atoms with E-state index in [-0.39, 0.29) is 37.3 Å². The monoisotopic (exact) mass is 588 g/mol. The number of amides is 3. The van der Waals surface area contributed by atoms with Crippen LogP contribution in [0.25, 0.3) is 0 Å². The molecule has 2 atom stereocenters. The highest BCUT2D eigenvalue weighted by Crippen LogP contribution is 2.30. The van der Waals surface area contributed by atoms with Gasteiger partial charge in [0.2, 0.25) is 5.91 Å². The molecule has 43 heavy (non-hydrogen) atoms. The standard InChI is InChI=1S/C32H36N4O7/c1-20-5-4-13-33-31(20)32(39)36-14-12-25-24(18-36)35-30(38)19-42-28-15-21(6-10-26(28)40-2)7-11-29(37)34-17-22-8-9-23(43-25)16-27(22)41-3/h4-6,8-10,13,15-16,24-25H,7,11-12,14,17-19H2,1-3H3,(H,34,37)(H,35,38)/t24-,25+/m1/s1. The molecule has 0 radical (unpaired) electrons. The van der Waals surface area contributed by atoms with Crippen LogP contribution in [-0.2, 0) is 22.6 Å². The molecule has 3 amide bonds. The van der Waals surface area contributed by atoms with Crippen LogP contribution in [0, 0.1) is 6.92 Å². The van der Waals surface area contributed by atoms with Crippen molar-refractivity contribution >= 4 is 17.7 Å². The maximum absolute atomic E-state index is 13.4. The van der Waals surface area contributed by atoms with E-state index in [9.17, 15) is 14.4 Å². The second-order valence-electron chi connectivity index (χ2n) is 10.6. The number of rotatable bonds is 3. The number of pyridine rings is 1. The zero-order valence-electron chi connectivity index (χ0n) is 24.6. The number of carbonyl (C=O) groups is 3. The van der Waals surface area contributed by atoms with Gasteiger partial charge in [-0.05, 0) is 54.8 Å². The summed E-state index contributed by atoms with van der Waals surface area (Å²) in [6.45, 7) is 2.52. The third-order valence-electron chi connectivity index (χ3n) is 7.64. The fourth-order valence-electron chi connectivity index (χ4n) is 5.29. The lowest BCUT2D eigenvalue weighted by Gasteiger charge is -2.38. The Kier molecular flexibility index (Phi) is 9.29. The summed E-state index contributed by atoms with van der Waals surface area (Å²) in [5.74, 6) is 1.31. The van der Waals surface area contributed by atoms with E-state index in [4.69, 9.17) is 18.9 Å². The largest absolute Gasteiger partial charge is 0.496 e. The molecule has 4 bridgehead atoms. The first-order chi connectivity index (χ1) is 20.8. The molecule has 2 N–H and O–H groups in total. The van der Waals surface area contributed by atoms with Crippen molar-refractivity contribution in [2.45, 2.75) is 44.9 Å². The van der Waals surface area contributed by atoms with Gasteiger partial charge in [0.1, 0.15) is 23.3 Å². The summed E-state index contributed by atoms with van der Waals surface area (Å²) in [6.07, 6.45) is 2.38. The molecule has 1 fully saturated rings. The molecule has 3 aliphatic heterocycles. The van der Waals surface area contributed by atoms with Crippen molar-refractivity contribution < 1.29 is 33.3 Å². The molecule has 226 valence electrons. The number of hydrogen-bond acceptors (Lipinski definition) is 8. The minimum atomic E-state index is -0.530. The molecule has 1 saturated heterocycles. The molecule has 11 heteroatoms. The number of likely N-dealkylation sites (tertiary alicyclic amines) is 1. The summed E-state index contributed by atoms with van der Waals surface area (Å²) in [4.78, 5) is 45.2. The molecular weight excluding hydrogens is 552 g/mol. The van der Waals surface area contributed by atoms with Crippen molar-refractivity contribution in [1.82, 2.24) is 20.5 Å². The molecule has 2 aromatic carbocycles. The summed E-state index contributed by atoms with van der Waals surface area (Å²) in [5, 5.41) is 5.97. The summed E-state index contributed by atoms with van der Waals surface area (Å²) in [6, 6.07) is 13.9. The molecule has 0 unspecified atom stereocenters. The second kappa shape index (κ2) is 13.5. The van der Waals surface area contributed by atoms with Gasteiger partial charge in [-0.3, -0.25) is 19.4 Å². The van der Waals surface area contributed by atoms with Crippen LogP contribution in [0.4, 0.5) is 0 Å². The lowest BCUT2D eigenvalue weighted by atomic mass is 10.0. The quantitative estimate of drug-likeness (QED) is 0.478. The van der Waals surface area contributed by atoms with Crippen molar-refractivity contribution in [2.75, 3.05) is 33.9 Å². The van der Waals surface area contributed by atoms with Crippen LogP contribution < -0.4 is 29.6 Å². The normalized spacial score (nSPS) is 19.3. The van der Waals surface area contributed by atoms with Crippen molar-refractivity contribution in [3.8, 4) is 23.0 Å². The van der Waals surface area contributed by atoms with Crippen LogP contribution in [0.15, 0.2) is 54.7 Å². The van der Waals surface area contributed by atoms with Crippen molar-refractivity contribution in [2.24, 2.45) is 0 Å². The fraction of sp³-hybridized carbons (Fsp3) is 0.375. The topological polar surface area (TPSA) is 128 Å². The number of aryl methyl sites for hydroxylation is 2. The van der Waals surface area contributed by atoms with Gasteiger partial charge in [-0.2, -0.15) is 0 Å². The Hall–Kier alpha value is -4.80. The van der Waals surface area contributed by atoms with E-state index in [0.717, 1.165) is 16.7 Å². The summed E-state index contributed by atoms with van der Waals surface area (Å²) >= 11 is 0. The Bertz CT molecular complexity index is 1490. The summed E-state index contributed by atoms with van der Waals surface area (Å²) in [7, 11) is 3.09. The highest BCUT2D eigenvalue weighted by Gasteiger charge is 2.35. The van der Waals surface area contributed by atoms with E-state index < -0.39 is 12.1 Å². The first kappa shape index (κ1) is 29.7. The van der Waals surface area contributed by atoms with Crippen molar-refractivity contribution in [1.29, 1.82) is 0 Å². The van der Waals surface area contributed by atoms with Crippen LogP contribution in [0.2, 0.25) is 0 Å². The van der Waals surface area contributed by atoms with Gasteiger partial charge in [-0.15, -0.1) is 0 Å². The molecular formula is C32H36N4O7. The number of ether oxygens (including phenoxy) is 4. The molecule has 0 saturated carbocycles. The molecule has 3 aromatic rings. The zero-order chi connectivity index (χ0) is 30.3. The summed E-state index contributed by atoms with van der Waals surface area (Å²) in [5.41, 5.74) is 2.83. The molecule has 4 heterocycles. The Balaban J connectivity index is 1.43. The van der Waals surface area contributed by atoms with E-state index in [2.05, 4.69) is 15.6 Å². The van der Waals surface area contributed by atoms with Gasteiger partial charge in [0.15, 0.2) is 18.1 Å². The number of fused-ring (bicyclic) bond motifs is 9. The van der Waals surface area contributed by atoms with Gasteiger partial charge < -0.3 is 34.5 Å². The lowest BCUT2D eigenvalue weighted by Crippen LogP contribution is -2.58. The SMILES string of the molecule is COc1cc2ccc1CNC(=O)CCc1ccc(OC)c(c1)OCC(=O)N[C@@H]1CN(C(=O)c3ncccc3C)CC[C@@H]1O2. The van der Waals surface area contributed by atoms with E-state index in [1.807, 2.05) is 31.2 Å². The Morgan fingerprint density at radius 1 is 1.02 bits per heavy atom. The summed E-state index contributed by atoms with van der Waals surface area (Å²) < 4.78 is 23.3. The average Bonchev–Trinajstić information content (AvgIpc) is 3.02. The average molecular weight is 589 g/mol. The Morgan fingerprint density at radius 3 is 2.65 bits per heavy atom. The maximum atomic E-state index is 13.4. The van der Waals surface area contributed by atoms with Crippen LogP contribution in [0.3, 0.4) is 0 Å². The fourth-order valence-corrected chi connectivity index (χ4v) is 5.29. The van der Waals surface area contributed by atoms with Gasteiger partial charge in [-0.25, -0.2) is 0 Å². The number of piperidine rings is 1. The van der Waals surface area contributed by atoms with Crippen molar-refractivity contribution in [3.63, 3.8) is 0 Å². The number of hydrogen-bond donors (Lipinski definition) is 2. The molecule has 0 spiro atoms. The smallest absolute Gasteiger partial charge is 0.272 e. The predicted molar refractivity (Wildman–Crippen MR) is 157 cm³/mol. The molecule has 6 rings (SSSR count). The highest BCUT2D eigenvalue weighted by atomic mass is 16.5. The molecule has 1 aromatic heterocycles. The second-order valence-corrected chi connectivity index (χ2v) is 10.6. The highest BCUT2D eigenvalue weighted by molar-refractivity contribution is 5.93. The number of benzene rings is 2. The zero-order valence-corrected chi connectivity index (χ0v) is 24.6. The Labute approximate surface area is 250 Å². The number of methoxy groups -OCH3 is 2. The number of carbonyl (C=O) groups excluding carboxylic acids is 3. The molecule has 0 aliphatic carbocycles. The van der Waals surface area contributed by atoms with Crippen LogP contribution >= 0.6 is 0 Å². The third kappa shape index (κ3) is 7.17. The third-order valence-corrected chi connectivity index (χ3v) is 7.64. The van der Waals surface area contributed by atoms with Crippen LogP contribution in [0.5, 0.6) is 23.0 Å². The number of nitrogens with one attached hydrogen (secondary N) is 2.